The molecule has 5 heterocycles. The summed E-state index contributed by atoms with van der Waals surface area (Å²) >= 11 is 3.44. The zero-order valence-electron chi connectivity index (χ0n) is 16.1. The SMILES string of the molecule is Nc1nc(N2CCCN(Cc3cccc(Br)n3)CC2)nc2nc(-c3ccco3)nn12. The highest BCUT2D eigenvalue weighted by atomic mass is 79.9. The van der Waals surface area contributed by atoms with Crippen LogP contribution in [-0.2, 0) is 6.54 Å². The van der Waals surface area contributed by atoms with Crippen molar-refractivity contribution in [2.24, 2.45) is 0 Å². The molecule has 1 saturated heterocycles. The summed E-state index contributed by atoms with van der Waals surface area (Å²) in [5, 5.41) is 4.35. The third-order valence-corrected chi connectivity index (χ3v) is 5.43. The maximum absolute atomic E-state index is 6.14. The van der Waals surface area contributed by atoms with Crippen LogP contribution in [0.2, 0.25) is 0 Å². The van der Waals surface area contributed by atoms with E-state index in [9.17, 15) is 0 Å². The van der Waals surface area contributed by atoms with Gasteiger partial charge in [-0.25, -0.2) is 4.98 Å². The Balaban J connectivity index is 1.34. The molecule has 1 aliphatic rings. The van der Waals surface area contributed by atoms with E-state index in [0.29, 0.717) is 23.3 Å². The molecule has 154 valence electrons. The van der Waals surface area contributed by atoms with E-state index in [4.69, 9.17) is 10.2 Å². The Morgan fingerprint density at radius 1 is 1.00 bits per heavy atom. The molecule has 0 saturated carbocycles. The van der Waals surface area contributed by atoms with Crippen LogP contribution < -0.4 is 10.6 Å². The predicted molar refractivity (Wildman–Crippen MR) is 115 cm³/mol. The molecule has 0 spiro atoms. The van der Waals surface area contributed by atoms with Crippen molar-refractivity contribution in [2.45, 2.75) is 13.0 Å². The maximum atomic E-state index is 6.14. The molecule has 0 radical (unpaired) electrons. The molecule has 1 aliphatic heterocycles. The van der Waals surface area contributed by atoms with Crippen LogP contribution in [-0.4, -0.2) is 60.6 Å². The van der Waals surface area contributed by atoms with Crippen LogP contribution in [0, 0.1) is 0 Å². The summed E-state index contributed by atoms with van der Waals surface area (Å²) in [5.41, 5.74) is 7.19. The van der Waals surface area contributed by atoms with Crippen LogP contribution >= 0.6 is 15.9 Å². The second-order valence-corrected chi connectivity index (χ2v) is 7.89. The first-order chi connectivity index (χ1) is 14.7. The molecule has 11 heteroatoms. The van der Waals surface area contributed by atoms with Gasteiger partial charge < -0.3 is 15.1 Å². The molecule has 0 aromatic carbocycles. The summed E-state index contributed by atoms with van der Waals surface area (Å²) in [4.78, 5) is 22.6. The van der Waals surface area contributed by atoms with E-state index in [1.165, 1.54) is 4.52 Å². The fourth-order valence-electron chi connectivity index (χ4n) is 3.54. The van der Waals surface area contributed by atoms with Gasteiger partial charge in [-0.2, -0.15) is 19.5 Å². The highest BCUT2D eigenvalue weighted by Crippen LogP contribution is 2.20. The molecule has 10 nitrogen and oxygen atoms in total. The molecule has 30 heavy (non-hydrogen) atoms. The zero-order valence-corrected chi connectivity index (χ0v) is 17.7. The Morgan fingerprint density at radius 3 is 2.77 bits per heavy atom. The molecule has 1 fully saturated rings. The summed E-state index contributed by atoms with van der Waals surface area (Å²) in [5.74, 6) is 2.22. The van der Waals surface area contributed by atoms with E-state index in [2.05, 4.69) is 50.8 Å². The van der Waals surface area contributed by atoms with Gasteiger partial charge in [-0.3, -0.25) is 4.90 Å². The fraction of sp³-hybridized carbons (Fsp3) is 0.316. The minimum atomic E-state index is 0.250. The average Bonchev–Trinajstić information content (AvgIpc) is 3.35. The number of nitrogen functional groups attached to an aromatic ring is 1. The van der Waals surface area contributed by atoms with Crippen LogP contribution in [0.5, 0.6) is 0 Å². The van der Waals surface area contributed by atoms with E-state index < -0.39 is 0 Å². The molecule has 0 unspecified atom stereocenters. The number of nitrogens with zero attached hydrogens (tertiary/aromatic N) is 8. The lowest BCUT2D eigenvalue weighted by Gasteiger charge is -2.21. The second-order valence-electron chi connectivity index (χ2n) is 7.07. The predicted octanol–water partition coefficient (Wildman–Crippen LogP) is 2.23. The van der Waals surface area contributed by atoms with Crippen LogP contribution in [0.25, 0.3) is 17.4 Å². The van der Waals surface area contributed by atoms with E-state index in [1.807, 2.05) is 18.2 Å². The number of nitrogens with two attached hydrogens (primary N) is 1. The molecule has 0 atom stereocenters. The monoisotopic (exact) mass is 469 g/mol. The van der Waals surface area contributed by atoms with Gasteiger partial charge in [-0.1, -0.05) is 6.07 Å². The minimum Gasteiger partial charge on any atom is -0.461 e. The molecular formula is C19H20BrN9O. The number of aromatic nitrogens is 6. The first-order valence-corrected chi connectivity index (χ1v) is 10.5. The number of pyridine rings is 1. The number of furan rings is 1. The highest BCUT2D eigenvalue weighted by Gasteiger charge is 2.20. The lowest BCUT2D eigenvalue weighted by Crippen LogP contribution is -2.32. The van der Waals surface area contributed by atoms with Gasteiger partial charge in [0.15, 0.2) is 5.76 Å². The van der Waals surface area contributed by atoms with Crippen molar-refractivity contribution < 1.29 is 4.42 Å². The summed E-state index contributed by atoms with van der Waals surface area (Å²) < 4.78 is 7.66. The number of fused-ring (bicyclic) bond motifs is 1. The Kier molecular flexibility index (Phi) is 5.05. The minimum absolute atomic E-state index is 0.250. The van der Waals surface area contributed by atoms with Crippen LogP contribution in [0.3, 0.4) is 0 Å². The smallest absolute Gasteiger partial charge is 0.259 e. The fourth-order valence-corrected chi connectivity index (χ4v) is 3.92. The standard InChI is InChI=1S/C19H20BrN9O/c20-15-6-1-4-13(22-15)12-27-7-3-8-28(10-9-27)18-24-17(21)29-19(25-18)23-16(26-29)14-5-2-11-30-14/h1-2,4-6,11H,3,7-10,12H2,(H2,21,23,24,25,26). The quantitative estimate of drug-likeness (QED) is 0.449. The van der Waals surface area contributed by atoms with E-state index >= 15 is 0 Å². The van der Waals surface area contributed by atoms with Gasteiger partial charge in [0, 0.05) is 32.7 Å². The van der Waals surface area contributed by atoms with Gasteiger partial charge in [0.2, 0.25) is 17.7 Å². The summed E-state index contributed by atoms with van der Waals surface area (Å²) in [6, 6.07) is 9.58. The topological polar surface area (TPSA) is 114 Å². The van der Waals surface area contributed by atoms with Gasteiger partial charge in [0.1, 0.15) is 4.60 Å². The number of hydrogen-bond acceptors (Lipinski definition) is 9. The average molecular weight is 470 g/mol. The number of anilines is 2. The Bertz CT molecular complexity index is 1160. The number of rotatable bonds is 4. The maximum Gasteiger partial charge on any atom is 0.259 e. The molecule has 2 N–H and O–H groups in total. The zero-order chi connectivity index (χ0) is 20.5. The number of halogens is 1. The van der Waals surface area contributed by atoms with Crippen molar-refractivity contribution >= 4 is 33.6 Å². The van der Waals surface area contributed by atoms with Crippen molar-refractivity contribution in [3.05, 3.63) is 46.9 Å². The van der Waals surface area contributed by atoms with Crippen molar-refractivity contribution in [1.29, 1.82) is 0 Å². The Hall–Kier alpha value is -3.05. The Morgan fingerprint density at radius 2 is 1.93 bits per heavy atom. The van der Waals surface area contributed by atoms with Gasteiger partial charge in [0.25, 0.3) is 5.78 Å². The molecular weight excluding hydrogens is 450 g/mol. The number of hydrogen-bond donors (Lipinski definition) is 1. The summed E-state index contributed by atoms with van der Waals surface area (Å²) in [7, 11) is 0. The van der Waals surface area contributed by atoms with Crippen molar-refractivity contribution in [1.82, 2.24) is 34.4 Å². The molecule has 4 aromatic rings. The summed E-state index contributed by atoms with van der Waals surface area (Å²) in [6.07, 6.45) is 2.57. The van der Waals surface area contributed by atoms with Gasteiger partial charge in [-0.05, 0) is 46.6 Å². The van der Waals surface area contributed by atoms with Gasteiger partial charge >= 0.3 is 0 Å². The van der Waals surface area contributed by atoms with E-state index in [0.717, 1.165) is 49.4 Å². The lowest BCUT2D eigenvalue weighted by molar-refractivity contribution is 0.282. The van der Waals surface area contributed by atoms with Crippen molar-refractivity contribution in [3.8, 4) is 11.6 Å². The van der Waals surface area contributed by atoms with E-state index in [-0.39, 0.29) is 5.95 Å². The molecule has 0 amide bonds. The van der Waals surface area contributed by atoms with Crippen LogP contribution in [0.15, 0.2) is 45.6 Å². The molecule has 5 rings (SSSR count). The summed E-state index contributed by atoms with van der Waals surface area (Å²) in [6.45, 7) is 4.31. The second kappa shape index (κ2) is 8.00. The van der Waals surface area contributed by atoms with Crippen LogP contribution in [0.1, 0.15) is 12.1 Å². The normalized spacial score (nSPS) is 15.6. The molecule has 4 aromatic heterocycles. The first-order valence-electron chi connectivity index (χ1n) is 9.68. The van der Waals surface area contributed by atoms with Gasteiger partial charge in [-0.15, -0.1) is 5.10 Å². The highest BCUT2D eigenvalue weighted by molar-refractivity contribution is 9.10. The van der Waals surface area contributed by atoms with Crippen LogP contribution in [0.4, 0.5) is 11.9 Å². The first kappa shape index (κ1) is 18.9. The van der Waals surface area contributed by atoms with Gasteiger partial charge in [0.05, 0.1) is 12.0 Å². The third-order valence-electron chi connectivity index (χ3n) is 4.99. The van der Waals surface area contributed by atoms with E-state index in [1.54, 1.807) is 18.4 Å². The Labute approximate surface area is 180 Å². The van der Waals surface area contributed by atoms with Crippen molar-refractivity contribution in [2.75, 3.05) is 36.8 Å². The molecule has 0 bridgehead atoms. The lowest BCUT2D eigenvalue weighted by atomic mass is 10.3. The largest absolute Gasteiger partial charge is 0.461 e. The third kappa shape index (κ3) is 3.85. The molecule has 0 aliphatic carbocycles. The van der Waals surface area contributed by atoms with Crippen molar-refractivity contribution in [3.63, 3.8) is 0 Å².